The Kier molecular flexibility index (Phi) is 5.61. The summed E-state index contributed by atoms with van der Waals surface area (Å²) in [5, 5.41) is 3.41. The van der Waals surface area contributed by atoms with Crippen LogP contribution >= 0.6 is 23.1 Å². The van der Waals surface area contributed by atoms with Gasteiger partial charge in [-0.1, -0.05) is 30.0 Å². The summed E-state index contributed by atoms with van der Waals surface area (Å²) < 4.78 is 2.78. The van der Waals surface area contributed by atoms with Gasteiger partial charge in [-0.3, -0.25) is 9.36 Å². The fourth-order valence-electron chi connectivity index (χ4n) is 2.69. The van der Waals surface area contributed by atoms with Gasteiger partial charge < -0.3 is 4.48 Å². The quantitative estimate of drug-likeness (QED) is 0.356. The summed E-state index contributed by atoms with van der Waals surface area (Å²) in [5.41, 5.74) is 0.891. The molecule has 6 heteroatoms. The van der Waals surface area contributed by atoms with Crippen LogP contribution < -0.4 is 5.56 Å². The Morgan fingerprint density at radius 3 is 2.56 bits per heavy atom. The zero-order valence-electron chi connectivity index (χ0n) is 14.9. The number of quaternary nitrogens is 1. The van der Waals surface area contributed by atoms with E-state index >= 15 is 0 Å². The number of para-hydroxylation sites is 1. The van der Waals surface area contributed by atoms with E-state index in [0.29, 0.717) is 5.39 Å². The van der Waals surface area contributed by atoms with E-state index < -0.39 is 0 Å². The molecule has 25 heavy (non-hydrogen) atoms. The first-order chi connectivity index (χ1) is 12.1. The smallest absolute Gasteiger partial charge is 0.267 e. The Labute approximate surface area is 156 Å². The molecule has 3 aromatic rings. The number of nitrogens with zero attached hydrogens (tertiary/aromatic N) is 3. The molecule has 2 heterocycles. The fraction of sp³-hybridized carbons (Fsp3) is 0.368. The lowest BCUT2D eigenvalue weighted by Gasteiger charge is -2.31. The second kappa shape index (κ2) is 7.72. The number of fused-ring (bicyclic) bond motifs is 1. The number of rotatable bonds is 7. The van der Waals surface area contributed by atoms with Crippen LogP contribution in [0.15, 0.2) is 51.7 Å². The minimum absolute atomic E-state index is 0.0168. The maximum Gasteiger partial charge on any atom is 0.267 e. The third kappa shape index (κ3) is 3.81. The van der Waals surface area contributed by atoms with E-state index in [4.69, 9.17) is 4.98 Å². The van der Waals surface area contributed by atoms with Gasteiger partial charge in [0.25, 0.3) is 5.56 Å². The van der Waals surface area contributed by atoms with Crippen LogP contribution in [-0.4, -0.2) is 46.5 Å². The van der Waals surface area contributed by atoms with Gasteiger partial charge in [-0.05, 0) is 37.4 Å². The van der Waals surface area contributed by atoms with Gasteiger partial charge in [-0.2, -0.15) is 0 Å². The van der Waals surface area contributed by atoms with Crippen LogP contribution in [0.25, 0.3) is 15.9 Å². The molecule has 0 amide bonds. The summed E-state index contributed by atoms with van der Waals surface area (Å²) in [7, 11) is 2.28. The van der Waals surface area contributed by atoms with Crippen molar-refractivity contribution in [2.45, 2.75) is 19.0 Å². The van der Waals surface area contributed by atoms with Crippen LogP contribution in [-0.2, 0) is 0 Å². The van der Waals surface area contributed by atoms with Crippen LogP contribution in [0, 0.1) is 0 Å². The van der Waals surface area contributed by atoms with Crippen LogP contribution in [0.1, 0.15) is 13.8 Å². The normalized spacial score (nSPS) is 12.0. The summed E-state index contributed by atoms with van der Waals surface area (Å²) >= 11 is 3.20. The highest BCUT2D eigenvalue weighted by Crippen LogP contribution is 2.24. The molecule has 0 saturated heterocycles. The standard InChI is InChI=1S/C19H24N3OS2/c1-4-22(3,5-2)12-14-25-19-20-17-16(11-13-24-17)18(23)21(19)15-9-7-6-8-10-15/h6-11,13H,4-5,12,14H2,1-3H3/q+1. The second-order valence-electron chi connectivity index (χ2n) is 6.33. The summed E-state index contributed by atoms with van der Waals surface area (Å²) in [4.78, 5) is 18.6. The van der Waals surface area contributed by atoms with Crippen molar-refractivity contribution < 1.29 is 4.48 Å². The zero-order valence-corrected chi connectivity index (χ0v) is 16.6. The Morgan fingerprint density at radius 1 is 1.16 bits per heavy atom. The predicted molar refractivity (Wildman–Crippen MR) is 108 cm³/mol. The molecule has 132 valence electrons. The molecule has 0 N–H and O–H groups in total. The summed E-state index contributed by atoms with van der Waals surface area (Å²) in [6.45, 7) is 7.73. The van der Waals surface area contributed by atoms with Gasteiger partial charge >= 0.3 is 0 Å². The SMILES string of the molecule is CC[N+](C)(CC)CCSc1nc2sccc2c(=O)n1-c1ccccc1. The predicted octanol–water partition coefficient (Wildman–Crippen LogP) is 4.03. The lowest BCUT2D eigenvalue weighted by atomic mass is 10.3. The van der Waals surface area contributed by atoms with E-state index in [-0.39, 0.29) is 5.56 Å². The van der Waals surface area contributed by atoms with Gasteiger partial charge in [-0.25, -0.2) is 4.98 Å². The fourth-order valence-corrected chi connectivity index (χ4v) is 4.69. The highest BCUT2D eigenvalue weighted by atomic mass is 32.2. The molecule has 0 radical (unpaired) electrons. The lowest BCUT2D eigenvalue weighted by Crippen LogP contribution is -2.45. The maximum absolute atomic E-state index is 13.0. The summed E-state index contributed by atoms with van der Waals surface area (Å²) in [5.74, 6) is 0.939. The van der Waals surface area contributed by atoms with E-state index in [1.54, 1.807) is 16.3 Å². The number of thiophene rings is 1. The third-order valence-electron chi connectivity index (χ3n) is 4.87. The average Bonchev–Trinajstić information content (AvgIpc) is 3.11. The first kappa shape index (κ1) is 18.2. The number of thioether (sulfide) groups is 1. The van der Waals surface area contributed by atoms with E-state index in [1.165, 1.54) is 11.3 Å². The van der Waals surface area contributed by atoms with Gasteiger partial charge in [0.1, 0.15) is 4.83 Å². The summed E-state index contributed by atoms with van der Waals surface area (Å²) in [6, 6.07) is 11.7. The Balaban J connectivity index is 1.97. The number of hydrogen-bond acceptors (Lipinski definition) is 4. The molecule has 4 nitrogen and oxygen atoms in total. The Morgan fingerprint density at radius 2 is 1.88 bits per heavy atom. The largest absolute Gasteiger partial charge is 0.326 e. The van der Waals surface area contributed by atoms with Crippen LogP contribution in [0.5, 0.6) is 0 Å². The first-order valence-electron chi connectivity index (χ1n) is 8.60. The third-order valence-corrected chi connectivity index (χ3v) is 6.60. The maximum atomic E-state index is 13.0. The second-order valence-corrected chi connectivity index (χ2v) is 8.29. The van der Waals surface area contributed by atoms with Crippen molar-refractivity contribution in [2.75, 3.05) is 32.4 Å². The van der Waals surface area contributed by atoms with Crippen molar-refractivity contribution in [3.05, 3.63) is 52.1 Å². The molecular weight excluding hydrogens is 350 g/mol. The molecule has 0 spiro atoms. The van der Waals surface area contributed by atoms with E-state index in [0.717, 1.165) is 45.5 Å². The first-order valence-corrected chi connectivity index (χ1v) is 10.5. The number of benzene rings is 1. The van der Waals surface area contributed by atoms with Crippen molar-refractivity contribution >= 4 is 33.3 Å². The van der Waals surface area contributed by atoms with Crippen molar-refractivity contribution in [1.29, 1.82) is 0 Å². The minimum atomic E-state index is 0.0168. The van der Waals surface area contributed by atoms with E-state index in [2.05, 4.69) is 20.9 Å². The van der Waals surface area contributed by atoms with Gasteiger partial charge in [0.2, 0.25) is 0 Å². The molecule has 0 atom stereocenters. The van der Waals surface area contributed by atoms with Crippen LogP contribution in [0.3, 0.4) is 0 Å². The van der Waals surface area contributed by atoms with Crippen LogP contribution in [0.4, 0.5) is 0 Å². The molecule has 0 unspecified atom stereocenters. The van der Waals surface area contributed by atoms with E-state index in [9.17, 15) is 4.79 Å². The van der Waals surface area contributed by atoms with Gasteiger partial charge in [-0.15, -0.1) is 11.3 Å². The monoisotopic (exact) mass is 374 g/mol. The van der Waals surface area contributed by atoms with Crippen molar-refractivity contribution in [1.82, 2.24) is 9.55 Å². The Bertz CT molecular complexity index is 898. The Hall–Kier alpha value is -1.63. The van der Waals surface area contributed by atoms with Gasteiger partial charge in [0, 0.05) is 0 Å². The zero-order chi connectivity index (χ0) is 17.9. The molecule has 0 bridgehead atoms. The molecule has 0 fully saturated rings. The molecule has 0 aliphatic heterocycles. The topological polar surface area (TPSA) is 34.9 Å². The van der Waals surface area contributed by atoms with Crippen molar-refractivity contribution in [2.24, 2.45) is 0 Å². The minimum Gasteiger partial charge on any atom is -0.326 e. The van der Waals surface area contributed by atoms with Crippen LogP contribution in [0.2, 0.25) is 0 Å². The molecular formula is C19H24N3OS2+. The summed E-state index contributed by atoms with van der Waals surface area (Å²) in [6.07, 6.45) is 0. The lowest BCUT2D eigenvalue weighted by molar-refractivity contribution is -0.903. The molecule has 0 aliphatic carbocycles. The van der Waals surface area contributed by atoms with E-state index in [1.807, 2.05) is 41.8 Å². The number of hydrogen-bond donors (Lipinski definition) is 0. The number of aromatic nitrogens is 2. The molecule has 3 rings (SSSR count). The molecule has 1 aromatic carbocycles. The van der Waals surface area contributed by atoms with Gasteiger partial charge in [0.15, 0.2) is 5.16 Å². The van der Waals surface area contributed by atoms with Crippen molar-refractivity contribution in [3.8, 4) is 5.69 Å². The molecule has 2 aromatic heterocycles. The van der Waals surface area contributed by atoms with Crippen molar-refractivity contribution in [3.63, 3.8) is 0 Å². The average molecular weight is 375 g/mol. The molecule has 0 saturated carbocycles. The van der Waals surface area contributed by atoms with Gasteiger partial charge in [0.05, 0.1) is 43.5 Å². The molecule has 0 aliphatic rings. The highest BCUT2D eigenvalue weighted by Gasteiger charge is 2.18. The highest BCUT2D eigenvalue weighted by molar-refractivity contribution is 7.99.